The van der Waals surface area contributed by atoms with Gasteiger partial charge in [0.1, 0.15) is 11.5 Å². The van der Waals surface area contributed by atoms with E-state index in [0.29, 0.717) is 18.4 Å². The molecule has 0 saturated heterocycles. The summed E-state index contributed by atoms with van der Waals surface area (Å²) in [5, 5.41) is 0. The molecule has 0 N–H and O–H groups in total. The normalized spacial score (nSPS) is 18.0. The lowest BCUT2D eigenvalue weighted by molar-refractivity contribution is 0.340. The molecule has 3 nitrogen and oxygen atoms in total. The van der Waals surface area contributed by atoms with E-state index >= 15 is 0 Å². The summed E-state index contributed by atoms with van der Waals surface area (Å²) in [6.45, 7) is 2.69. The predicted octanol–water partition coefficient (Wildman–Crippen LogP) is 8.50. The average molecular weight is 430 g/mol. The first-order chi connectivity index (χ1) is 15.8. The number of ether oxygens (including phenoxy) is 1. The summed E-state index contributed by atoms with van der Waals surface area (Å²) in [6.07, 6.45) is 13.0. The number of rotatable bonds is 6. The molecule has 1 heterocycles. The molecule has 32 heavy (non-hydrogen) atoms. The SMILES string of the molecule is CCOc1cccc(-c2ccccc2-c2nc(C3CCCCC3)c(C3CCCCC3)o2)c1. The molecule has 3 aromatic rings. The standard InChI is InChI=1S/C29H35NO2/c1-2-31-24-17-11-16-23(20-24)25-18-9-10-19-26(25)29-30-27(21-12-5-3-6-13-21)28(32-29)22-14-7-4-8-15-22/h9-11,16-22H,2-8,12-15H2,1H3. The summed E-state index contributed by atoms with van der Waals surface area (Å²) in [4.78, 5) is 5.23. The zero-order valence-electron chi connectivity index (χ0n) is 19.3. The summed E-state index contributed by atoms with van der Waals surface area (Å²) in [7, 11) is 0. The Labute approximate surface area is 192 Å². The zero-order valence-corrected chi connectivity index (χ0v) is 19.3. The minimum atomic E-state index is 0.537. The minimum Gasteiger partial charge on any atom is -0.494 e. The molecule has 2 aliphatic rings. The second-order valence-electron chi connectivity index (χ2n) is 9.44. The van der Waals surface area contributed by atoms with E-state index in [1.165, 1.54) is 75.7 Å². The largest absolute Gasteiger partial charge is 0.494 e. The zero-order chi connectivity index (χ0) is 21.8. The third-order valence-corrected chi connectivity index (χ3v) is 7.26. The highest BCUT2D eigenvalue weighted by molar-refractivity contribution is 5.80. The van der Waals surface area contributed by atoms with Crippen molar-refractivity contribution in [1.29, 1.82) is 0 Å². The first-order valence-electron chi connectivity index (χ1n) is 12.7. The number of hydrogen-bond acceptors (Lipinski definition) is 3. The van der Waals surface area contributed by atoms with Crippen molar-refractivity contribution < 1.29 is 9.15 Å². The maximum Gasteiger partial charge on any atom is 0.227 e. The lowest BCUT2D eigenvalue weighted by atomic mass is 9.81. The lowest BCUT2D eigenvalue weighted by Gasteiger charge is -2.24. The second-order valence-corrected chi connectivity index (χ2v) is 9.44. The summed E-state index contributed by atoms with van der Waals surface area (Å²) in [6, 6.07) is 16.9. The van der Waals surface area contributed by atoms with Crippen LogP contribution in [0.3, 0.4) is 0 Å². The highest BCUT2D eigenvalue weighted by Gasteiger charge is 2.30. The van der Waals surface area contributed by atoms with Crippen molar-refractivity contribution in [1.82, 2.24) is 4.98 Å². The van der Waals surface area contributed by atoms with Crippen LogP contribution >= 0.6 is 0 Å². The van der Waals surface area contributed by atoms with Gasteiger partial charge in [-0.2, -0.15) is 0 Å². The van der Waals surface area contributed by atoms with Gasteiger partial charge in [-0.3, -0.25) is 0 Å². The van der Waals surface area contributed by atoms with E-state index in [2.05, 4.69) is 42.5 Å². The Hall–Kier alpha value is -2.55. The van der Waals surface area contributed by atoms with Crippen LogP contribution in [0.4, 0.5) is 0 Å². The molecule has 0 amide bonds. The van der Waals surface area contributed by atoms with Gasteiger partial charge in [0.05, 0.1) is 12.3 Å². The van der Waals surface area contributed by atoms with Crippen LogP contribution < -0.4 is 4.74 Å². The maximum absolute atomic E-state index is 6.69. The van der Waals surface area contributed by atoms with Gasteiger partial charge in [0.25, 0.3) is 0 Å². The van der Waals surface area contributed by atoms with Crippen molar-refractivity contribution in [3.05, 3.63) is 60.0 Å². The fraction of sp³-hybridized carbons (Fsp3) is 0.483. The first-order valence-corrected chi connectivity index (χ1v) is 12.7. The Morgan fingerprint density at radius 3 is 2.22 bits per heavy atom. The Kier molecular flexibility index (Phi) is 6.61. The Balaban J connectivity index is 1.56. The molecule has 0 unspecified atom stereocenters. The molecule has 0 spiro atoms. The van der Waals surface area contributed by atoms with Crippen LogP contribution in [0.2, 0.25) is 0 Å². The topological polar surface area (TPSA) is 35.3 Å². The van der Waals surface area contributed by atoms with Gasteiger partial charge in [-0.1, -0.05) is 68.9 Å². The van der Waals surface area contributed by atoms with Gasteiger partial charge in [-0.15, -0.1) is 0 Å². The van der Waals surface area contributed by atoms with Gasteiger partial charge in [0.2, 0.25) is 5.89 Å². The van der Waals surface area contributed by atoms with E-state index in [-0.39, 0.29) is 0 Å². The van der Waals surface area contributed by atoms with E-state index < -0.39 is 0 Å². The number of benzene rings is 2. The molecule has 3 heteroatoms. The fourth-order valence-electron chi connectivity index (χ4n) is 5.63. The molecule has 2 aromatic carbocycles. The molecule has 2 aliphatic carbocycles. The van der Waals surface area contributed by atoms with Crippen molar-refractivity contribution in [3.63, 3.8) is 0 Å². The smallest absolute Gasteiger partial charge is 0.227 e. The average Bonchev–Trinajstić information content (AvgIpc) is 3.31. The number of nitrogens with zero attached hydrogens (tertiary/aromatic N) is 1. The van der Waals surface area contributed by atoms with Crippen LogP contribution in [0.25, 0.3) is 22.6 Å². The van der Waals surface area contributed by atoms with Crippen LogP contribution in [0.15, 0.2) is 52.9 Å². The van der Waals surface area contributed by atoms with Gasteiger partial charge in [0.15, 0.2) is 0 Å². The quantitative estimate of drug-likeness (QED) is 0.394. The van der Waals surface area contributed by atoms with Crippen molar-refractivity contribution in [2.45, 2.75) is 83.0 Å². The highest BCUT2D eigenvalue weighted by Crippen LogP contribution is 2.44. The van der Waals surface area contributed by atoms with Gasteiger partial charge >= 0.3 is 0 Å². The van der Waals surface area contributed by atoms with Gasteiger partial charge < -0.3 is 9.15 Å². The van der Waals surface area contributed by atoms with Crippen LogP contribution in [0, 0.1) is 0 Å². The highest BCUT2D eigenvalue weighted by atomic mass is 16.5. The van der Waals surface area contributed by atoms with Gasteiger partial charge in [-0.05, 0) is 61.9 Å². The Morgan fingerprint density at radius 2 is 1.50 bits per heavy atom. The first kappa shape index (κ1) is 21.3. The van der Waals surface area contributed by atoms with Gasteiger partial charge in [0, 0.05) is 17.4 Å². The molecule has 0 atom stereocenters. The van der Waals surface area contributed by atoms with E-state index in [1.54, 1.807) is 0 Å². The number of aromatic nitrogens is 1. The molecular weight excluding hydrogens is 394 g/mol. The Bertz CT molecular complexity index is 990. The molecular formula is C29H35NO2. The molecule has 1 aromatic heterocycles. The van der Waals surface area contributed by atoms with Crippen LogP contribution in [0.1, 0.15) is 94.4 Å². The summed E-state index contributed by atoms with van der Waals surface area (Å²) < 4.78 is 12.4. The van der Waals surface area contributed by atoms with Gasteiger partial charge in [-0.25, -0.2) is 4.98 Å². The molecule has 2 saturated carbocycles. The molecule has 168 valence electrons. The van der Waals surface area contributed by atoms with Crippen molar-refractivity contribution in [3.8, 4) is 28.3 Å². The predicted molar refractivity (Wildman–Crippen MR) is 130 cm³/mol. The van der Waals surface area contributed by atoms with E-state index in [4.69, 9.17) is 14.1 Å². The second kappa shape index (κ2) is 9.94. The van der Waals surface area contributed by atoms with E-state index in [1.807, 2.05) is 13.0 Å². The molecule has 2 fully saturated rings. The molecule has 0 bridgehead atoms. The summed E-state index contributed by atoms with van der Waals surface area (Å²) in [5.74, 6) is 3.99. The Morgan fingerprint density at radius 1 is 0.812 bits per heavy atom. The van der Waals surface area contributed by atoms with Crippen molar-refractivity contribution >= 4 is 0 Å². The van der Waals surface area contributed by atoms with Crippen LogP contribution in [0.5, 0.6) is 5.75 Å². The van der Waals surface area contributed by atoms with Crippen LogP contribution in [-0.4, -0.2) is 11.6 Å². The van der Waals surface area contributed by atoms with Crippen molar-refractivity contribution in [2.75, 3.05) is 6.61 Å². The molecule has 5 rings (SSSR count). The number of oxazole rings is 1. The van der Waals surface area contributed by atoms with E-state index in [0.717, 1.165) is 28.3 Å². The summed E-state index contributed by atoms with van der Waals surface area (Å²) >= 11 is 0. The summed E-state index contributed by atoms with van der Waals surface area (Å²) in [5.41, 5.74) is 4.65. The van der Waals surface area contributed by atoms with E-state index in [9.17, 15) is 0 Å². The lowest BCUT2D eigenvalue weighted by Crippen LogP contribution is -2.11. The van der Waals surface area contributed by atoms with Crippen LogP contribution in [-0.2, 0) is 0 Å². The maximum atomic E-state index is 6.69. The monoisotopic (exact) mass is 429 g/mol. The third-order valence-electron chi connectivity index (χ3n) is 7.26. The molecule has 0 aliphatic heterocycles. The van der Waals surface area contributed by atoms with Crippen molar-refractivity contribution in [2.24, 2.45) is 0 Å². The number of hydrogen-bond donors (Lipinski definition) is 0. The minimum absolute atomic E-state index is 0.537. The molecule has 0 radical (unpaired) electrons. The third kappa shape index (κ3) is 4.48. The fourth-order valence-corrected chi connectivity index (χ4v) is 5.63.